The maximum atomic E-state index is 4.46. The molecule has 6 heteroatoms. The van der Waals surface area contributed by atoms with Crippen LogP contribution in [0.3, 0.4) is 0 Å². The van der Waals surface area contributed by atoms with E-state index in [0.717, 1.165) is 42.1 Å². The number of aryl methyl sites for hydroxylation is 1. The number of allylic oxidation sites excluding steroid dienone is 2. The summed E-state index contributed by atoms with van der Waals surface area (Å²) in [5, 5.41) is 10.0. The Morgan fingerprint density at radius 2 is 2.29 bits per heavy atom. The maximum absolute atomic E-state index is 4.46. The van der Waals surface area contributed by atoms with Crippen LogP contribution in [0.5, 0.6) is 0 Å². The number of nitrogens with zero attached hydrogens (tertiary/aromatic N) is 2. The highest BCUT2D eigenvalue weighted by molar-refractivity contribution is 14.0. The van der Waals surface area contributed by atoms with Gasteiger partial charge in [-0.2, -0.15) is 0 Å². The zero-order valence-electron chi connectivity index (χ0n) is 12.8. The first kappa shape index (κ1) is 18.4. The standard InChI is InChI=1S/C15H24N4S.HI/c1-12-19-14(11-20-12)8-9-17-15(16-2)18-10-13-6-4-3-5-7-13;/h3-4,11,13H,5-10H2,1-2H3,(H2,16,17,18);1H. The quantitative estimate of drug-likeness (QED) is 0.333. The number of thiazole rings is 1. The molecule has 0 spiro atoms. The van der Waals surface area contributed by atoms with Gasteiger partial charge in [0.25, 0.3) is 0 Å². The van der Waals surface area contributed by atoms with Crippen molar-refractivity contribution in [3.05, 3.63) is 28.2 Å². The minimum absolute atomic E-state index is 0. The molecule has 0 radical (unpaired) electrons. The summed E-state index contributed by atoms with van der Waals surface area (Å²) in [6.07, 6.45) is 9.18. The van der Waals surface area contributed by atoms with Crippen molar-refractivity contribution in [1.82, 2.24) is 15.6 Å². The summed E-state index contributed by atoms with van der Waals surface area (Å²) in [4.78, 5) is 8.73. The molecule has 0 aliphatic heterocycles. The Bertz CT molecular complexity index is 470. The summed E-state index contributed by atoms with van der Waals surface area (Å²) in [6, 6.07) is 0. The van der Waals surface area contributed by atoms with E-state index in [2.05, 4.69) is 38.1 Å². The Balaban J connectivity index is 0.00000220. The van der Waals surface area contributed by atoms with Gasteiger partial charge in [0.1, 0.15) is 0 Å². The van der Waals surface area contributed by atoms with Crippen molar-refractivity contribution < 1.29 is 0 Å². The minimum atomic E-state index is 0. The van der Waals surface area contributed by atoms with Gasteiger partial charge in [-0.3, -0.25) is 4.99 Å². The second-order valence-electron chi connectivity index (χ2n) is 5.14. The van der Waals surface area contributed by atoms with Crippen LogP contribution in [0.15, 0.2) is 22.5 Å². The molecule has 1 aliphatic rings. The molecule has 1 aliphatic carbocycles. The van der Waals surface area contributed by atoms with Crippen LogP contribution in [0.25, 0.3) is 0 Å². The van der Waals surface area contributed by atoms with E-state index in [1.165, 1.54) is 19.3 Å². The first-order valence-corrected chi connectivity index (χ1v) is 8.16. The van der Waals surface area contributed by atoms with Gasteiger partial charge in [0.05, 0.1) is 10.7 Å². The normalized spacial score (nSPS) is 18.2. The second-order valence-corrected chi connectivity index (χ2v) is 6.20. The molecular formula is C15H25IN4S. The highest BCUT2D eigenvalue weighted by Gasteiger charge is 2.10. The Labute approximate surface area is 148 Å². The largest absolute Gasteiger partial charge is 0.356 e. The molecule has 21 heavy (non-hydrogen) atoms. The molecule has 1 aromatic rings. The first-order chi connectivity index (χ1) is 9.78. The van der Waals surface area contributed by atoms with Crippen LogP contribution in [0.1, 0.15) is 30.0 Å². The summed E-state index contributed by atoms with van der Waals surface area (Å²) >= 11 is 1.71. The fraction of sp³-hybridized carbons (Fsp3) is 0.600. The summed E-state index contributed by atoms with van der Waals surface area (Å²) in [7, 11) is 1.82. The highest BCUT2D eigenvalue weighted by Crippen LogP contribution is 2.16. The monoisotopic (exact) mass is 420 g/mol. The lowest BCUT2D eigenvalue weighted by molar-refractivity contribution is 0.470. The maximum Gasteiger partial charge on any atom is 0.190 e. The fourth-order valence-electron chi connectivity index (χ4n) is 2.34. The number of aliphatic imine (C=N–C) groups is 1. The van der Waals surface area contributed by atoms with Crippen molar-refractivity contribution >= 4 is 41.3 Å². The summed E-state index contributed by atoms with van der Waals surface area (Å²) < 4.78 is 0. The molecule has 1 atom stereocenters. The van der Waals surface area contributed by atoms with Gasteiger partial charge in [0, 0.05) is 31.9 Å². The number of halogens is 1. The summed E-state index contributed by atoms with van der Waals surface area (Å²) in [5.41, 5.74) is 1.16. The molecule has 118 valence electrons. The van der Waals surface area contributed by atoms with Gasteiger partial charge in [-0.25, -0.2) is 4.98 Å². The fourth-order valence-corrected chi connectivity index (χ4v) is 2.98. The number of aromatic nitrogens is 1. The molecule has 1 heterocycles. The lowest BCUT2D eigenvalue weighted by Crippen LogP contribution is -2.40. The van der Waals surface area contributed by atoms with Crippen molar-refractivity contribution in [3.63, 3.8) is 0 Å². The zero-order valence-corrected chi connectivity index (χ0v) is 15.9. The Kier molecular flexibility index (Phi) is 8.91. The van der Waals surface area contributed by atoms with Gasteiger partial charge in [-0.05, 0) is 32.1 Å². The van der Waals surface area contributed by atoms with Crippen molar-refractivity contribution in [2.75, 3.05) is 20.1 Å². The van der Waals surface area contributed by atoms with E-state index in [-0.39, 0.29) is 24.0 Å². The van der Waals surface area contributed by atoms with E-state index in [9.17, 15) is 0 Å². The van der Waals surface area contributed by atoms with Crippen LogP contribution < -0.4 is 10.6 Å². The van der Waals surface area contributed by atoms with Crippen molar-refractivity contribution in [1.29, 1.82) is 0 Å². The highest BCUT2D eigenvalue weighted by atomic mass is 127. The van der Waals surface area contributed by atoms with Crippen molar-refractivity contribution in [2.24, 2.45) is 10.9 Å². The van der Waals surface area contributed by atoms with Crippen LogP contribution in [-0.2, 0) is 6.42 Å². The Morgan fingerprint density at radius 1 is 1.43 bits per heavy atom. The Morgan fingerprint density at radius 3 is 2.90 bits per heavy atom. The number of guanidine groups is 1. The van der Waals surface area contributed by atoms with Gasteiger partial charge in [0.15, 0.2) is 5.96 Å². The Hall–Kier alpha value is -0.630. The van der Waals surface area contributed by atoms with Gasteiger partial charge >= 0.3 is 0 Å². The molecule has 0 saturated carbocycles. The smallest absolute Gasteiger partial charge is 0.190 e. The third-order valence-electron chi connectivity index (χ3n) is 3.50. The average Bonchev–Trinajstić information content (AvgIpc) is 2.89. The molecular weight excluding hydrogens is 395 g/mol. The van der Waals surface area contributed by atoms with Gasteiger partial charge < -0.3 is 10.6 Å². The predicted octanol–water partition coefficient (Wildman–Crippen LogP) is 3.13. The number of hydrogen-bond donors (Lipinski definition) is 2. The SMILES string of the molecule is CN=C(NCCc1csc(C)n1)NCC1CC=CCC1.I. The van der Waals surface area contributed by atoms with Crippen LogP contribution in [-0.4, -0.2) is 31.1 Å². The van der Waals surface area contributed by atoms with Crippen LogP contribution in [0.4, 0.5) is 0 Å². The first-order valence-electron chi connectivity index (χ1n) is 7.28. The summed E-state index contributed by atoms with van der Waals surface area (Å²) in [5.74, 6) is 1.63. The third-order valence-corrected chi connectivity index (χ3v) is 4.32. The molecule has 2 rings (SSSR count). The molecule has 0 fully saturated rings. The van der Waals surface area contributed by atoms with E-state index in [1.54, 1.807) is 11.3 Å². The molecule has 2 N–H and O–H groups in total. The molecule has 0 saturated heterocycles. The van der Waals surface area contributed by atoms with E-state index in [0.29, 0.717) is 0 Å². The van der Waals surface area contributed by atoms with E-state index >= 15 is 0 Å². The summed E-state index contributed by atoms with van der Waals surface area (Å²) in [6.45, 7) is 3.91. The topological polar surface area (TPSA) is 49.3 Å². The molecule has 0 aromatic carbocycles. The number of nitrogens with one attached hydrogen (secondary N) is 2. The number of rotatable bonds is 5. The lowest BCUT2D eigenvalue weighted by Gasteiger charge is -2.19. The third kappa shape index (κ3) is 6.78. The van der Waals surface area contributed by atoms with Gasteiger partial charge in [-0.15, -0.1) is 35.3 Å². The van der Waals surface area contributed by atoms with E-state index in [4.69, 9.17) is 0 Å². The van der Waals surface area contributed by atoms with Crippen molar-refractivity contribution in [3.8, 4) is 0 Å². The van der Waals surface area contributed by atoms with Crippen LogP contribution in [0, 0.1) is 12.8 Å². The van der Waals surface area contributed by atoms with E-state index < -0.39 is 0 Å². The number of hydrogen-bond acceptors (Lipinski definition) is 3. The minimum Gasteiger partial charge on any atom is -0.356 e. The average molecular weight is 420 g/mol. The lowest BCUT2D eigenvalue weighted by atomic mass is 9.94. The van der Waals surface area contributed by atoms with Gasteiger partial charge in [0.2, 0.25) is 0 Å². The van der Waals surface area contributed by atoms with Crippen LogP contribution >= 0.6 is 35.3 Å². The molecule has 1 unspecified atom stereocenters. The molecule has 1 aromatic heterocycles. The van der Waals surface area contributed by atoms with Gasteiger partial charge in [-0.1, -0.05) is 12.2 Å². The van der Waals surface area contributed by atoms with E-state index in [1.807, 2.05) is 14.0 Å². The molecule has 4 nitrogen and oxygen atoms in total. The second kappa shape index (κ2) is 10.2. The molecule has 0 amide bonds. The molecule has 0 bridgehead atoms. The van der Waals surface area contributed by atoms with Crippen molar-refractivity contribution in [2.45, 2.75) is 32.6 Å². The predicted molar refractivity (Wildman–Crippen MR) is 102 cm³/mol. The zero-order chi connectivity index (χ0) is 14.2. The van der Waals surface area contributed by atoms with Crippen LogP contribution in [0.2, 0.25) is 0 Å².